The number of anilines is 2. The van der Waals surface area contributed by atoms with Crippen LogP contribution in [-0.4, -0.2) is 47.2 Å². The van der Waals surface area contributed by atoms with Crippen LogP contribution >= 0.6 is 0 Å². The second-order valence-electron chi connectivity index (χ2n) is 6.82. The molecule has 0 amide bonds. The second-order valence-corrected chi connectivity index (χ2v) is 10.4. The Hall–Kier alpha value is -2.31. The summed E-state index contributed by atoms with van der Waals surface area (Å²) in [5.74, 6) is -2.85. The van der Waals surface area contributed by atoms with Gasteiger partial charge < -0.3 is 9.80 Å². The van der Waals surface area contributed by atoms with Crippen LogP contribution in [0, 0.1) is 11.8 Å². The molecule has 0 saturated carbocycles. The molecule has 0 unspecified atom stereocenters. The number of sulfonamides is 1. The van der Waals surface area contributed by atoms with E-state index in [0.29, 0.717) is 18.7 Å². The van der Waals surface area contributed by atoms with Gasteiger partial charge in [0.15, 0.2) is 21.5 Å². The van der Waals surface area contributed by atoms with Crippen molar-refractivity contribution in [3.05, 3.63) is 41.6 Å². The Bertz CT molecular complexity index is 1170. The lowest BCUT2D eigenvalue weighted by Gasteiger charge is -2.32. The largest absolute Gasteiger partial charge is 0.361 e. The molecule has 164 valence electrons. The highest BCUT2D eigenvalue weighted by atomic mass is 32.2. The summed E-state index contributed by atoms with van der Waals surface area (Å²) in [5, 5.41) is 5.07. The van der Waals surface area contributed by atoms with Gasteiger partial charge in [-0.05, 0) is 31.5 Å². The summed E-state index contributed by atoms with van der Waals surface area (Å²) in [7, 11) is -7.90. The average molecular weight is 461 g/mol. The molecule has 2 heterocycles. The van der Waals surface area contributed by atoms with Crippen molar-refractivity contribution in [3.63, 3.8) is 0 Å². The monoisotopic (exact) mass is 460 g/mol. The smallest absolute Gasteiger partial charge is 0.239 e. The molecule has 0 radical (unpaired) electrons. The number of pyridine rings is 1. The summed E-state index contributed by atoms with van der Waals surface area (Å²) in [4.78, 5) is 5.77. The van der Waals surface area contributed by atoms with Gasteiger partial charge in [-0.25, -0.2) is 26.4 Å². The molecule has 0 bridgehead atoms. The molecule has 0 fully saturated rings. The topological polar surface area (TPSA) is 114 Å². The lowest BCUT2D eigenvalue weighted by molar-refractivity contribution is 0.514. The molecule has 3 rings (SSSR count). The van der Waals surface area contributed by atoms with E-state index in [2.05, 4.69) is 4.98 Å². The highest BCUT2D eigenvalue weighted by Gasteiger charge is 2.37. The maximum absolute atomic E-state index is 15.2. The molecular formula is C18H22F2N4O4S2. The van der Waals surface area contributed by atoms with Gasteiger partial charge in [0.2, 0.25) is 16.0 Å². The molecule has 0 atom stereocenters. The molecule has 12 heteroatoms. The van der Waals surface area contributed by atoms with E-state index in [0.717, 1.165) is 0 Å². The zero-order valence-corrected chi connectivity index (χ0v) is 18.1. The maximum atomic E-state index is 15.2. The zero-order valence-electron chi connectivity index (χ0n) is 16.5. The fraction of sp³-hybridized carbons (Fsp3) is 0.389. The number of nitrogens with two attached hydrogens (primary N) is 1. The van der Waals surface area contributed by atoms with Gasteiger partial charge in [0, 0.05) is 26.2 Å². The number of aromatic nitrogens is 1. The van der Waals surface area contributed by atoms with Crippen molar-refractivity contribution in [1.29, 1.82) is 0 Å². The van der Waals surface area contributed by atoms with E-state index in [4.69, 9.17) is 5.14 Å². The number of rotatable bonds is 6. The van der Waals surface area contributed by atoms with E-state index in [-0.39, 0.29) is 29.6 Å². The minimum absolute atomic E-state index is 0.0378. The number of nitrogens with zero attached hydrogens (tertiary/aromatic N) is 3. The van der Waals surface area contributed by atoms with E-state index in [1.807, 2.05) is 0 Å². The number of benzene rings is 1. The first-order valence-electron chi connectivity index (χ1n) is 9.23. The first-order chi connectivity index (χ1) is 14.0. The number of fused-ring (bicyclic) bond motifs is 1. The Balaban J connectivity index is 2.07. The number of hydrogen-bond acceptors (Lipinski definition) is 7. The molecule has 1 aliphatic heterocycles. The summed E-state index contributed by atoms with van der Waals surface area (Å²) in [6, 6.07) is 5.55. The summed E-state index contributed by atoms with van der Waals surface area (Å²) in [6.07, 6.45) is 0. The molecule has 2 aromatic rings. The number of sulfone groups is 1. The Morgan fingerprint density at radius 2 is 1.77 bits per heavy atom. The number of halogens is 2. The molecule has 8 nitrogen and oxygen atoms in total. The van der Waals surface area contributed by atoms with Crippen LogP contribution in [0.15, 0.2) is 34.1 Å². The average Bonchev–Trinajstić information content (AvgIpc) is 2.67. The van der Waals surface area contributed by atoms with Crippen LogP contribution in [0.5, 0.6) is 0 Å². The third-order valence-corrected chi connectivity index (χ3v) is 7.60. The predicted molar refractivity (Wildman–Crippen MR) is 109 cm³/mol. The fourth-order valence-corrected chi connectivity index (χ4v) is 5.44. The number of hydrogen-bond donors (Lipinski definition) is 1. The second kappa shape index (κ2) is 8.08. The quantitative estimate of drug-likeness (QED) is 0.652. The van der Waals surface area contributed by atoms with Gasteiger partial charge in [-0.3, -0.25) is 0 Å². The van der Waals surface area contributed by atoms with Crippen molar-refractivity contribution in [2.45, 2.75) is 30.2 Å². The lowest BCUT2D eigenvalue weighted by atomic mass is 10.2. The van der Waals surface area contributed by atoms with Gasteiger partial charge in [-0.1, -0.05) is 12.1 Å². The predicted octanol–water partition coefficient (Wildman–Crippen LogP) is 1.65. The molecule has 0 spiro atoms. The Morgan fingerprint density at radius 3 is 2.30 bits per heavy atom. The fourth-order valence-electron chi connectivity index (χ4n) is 3.39. The molecule has 1 aromatic heterocycles. The van der Waals surface area contributed by atoms with Gasteiger partial charge >= 0.3 is 0 Å². The standard InChI is InChI=1S/C18H22F2N4O4S2/c1-3-23(4-2)18-14(19)16-15(17(20)22-18)24(9-10-29(16,25)26)11-12-5-7-13(8-6-12)30(21,27)28/h5-8H,3-4,9-11H2,1-2H3,(H2,21,27,28). The SMILES string of the molecule is CCN(CC)c1nc(F)c2c(c1F)S(=O)(=O)CCN2Cc1ccc(S(N)(=O)=O)cc1. The minimum Gasteiger partial charge on any atom is -0.361 e. The van der Waals surface area contributed by atoms with Crippen LogP contribution in [-0.2, 0) is 26.4 Å². The van der Waals surface area contributed by atoms with E-state index >= 15 is 4.39 Å². The van der Waals surface area contributed by atoms with Crippen LogP contribution < -0.4 is 14.9 Å². The van der Waals surface area contributed by atoms with E-state index in [9.17, 15) is 21.2 Å². The molecule has 1 aromatic carbocycles. The van der Waals surface area contributed by atoms with Gasteiger partial charge in [0.1, 0.15) is 10.6 Å². The van der Waals surface area contributed by atoms with Crippen LogP contribution in [0.2, 0.25) is 0 Å². The van der Waals surface area contributed by atoms with Crippen molar-refractivity contribution < 1.29 is 25.6 Å². The first kappa shape index (κ1) is 22.4. The summed E-state index contributed by atoms with van der Waals surface area (Å²) in [6.45, 7) is 4.10. The van der Waals surface area contributed by atoms with E-state index in [1.54, 1.807) is 13.8 Å². The number of primary sulfonamides is 1. The summed E-state index contributed by atoms with van der Waals surface area (Å²) < 4.78 is 78.1. The van der Waals surface area contributed by atoms with Gasteiger partial charge in [-0.15, -0.1) is 0 Å². The van der Waals surface area contributed by atoms with Crippen molar-refractivity contribution in [2.75, 3.05) is 35.2 Å². The normalized spacial score (nSPS) is 15.7. The first-order valence-corrected chi connectivity index (χ1v) is 12.4. The molecule has 2 N–H and O–H groups in total. The highest BCUT2D eigenvalue weighted by Crippen LogP contribution is 2.38. The lowest BCUT2D eigenvalue weighted by Crippen LogP contribution is -2.37. The van der Waals surface area contributed by atoms with Crippen molar-refractivity contribution in [1.82, 2.24) is 4.98 Å². The van der Waals surface area contributed by atoms with Crippen molar-refractivity contribution in [2.24, 2.45) is 5.14 Å². The minimum atomic E-state index is -4.04. The Labute approximate surface area is 174 Å². The van der Waals surface area contributed by atoms with Crippen molar-refractivity contribution >= 4 is 31.4 Å². The van der Waals surface area contributed by atoms with E-state index < -0.39 is 42.2 Å². The van der Waals surface area contributed by atoms with Gasteiger partial charge in [-0.2, -0.15) is 9.37 Å². The molecule has 30 heavy (non-hydrogen) atoms. The van der Waals surface area contributed by atoms with Crippen molar-refractivity contribution in [3.8, 4) is 0 Å². The van der Waals surface area contributed by atoms with Gasteiger partial charge in [0.05, 0.1) is 10.6 Å². The van der Waals surface area contributed by atoms with Crippen LogP contribution in [0.1, 0.15) is 19.4 Å². The van der Waals surface area contributed by atoms with E-state index in [1.165, 1.54) is 34.1 Å². The van der Waals surface area contributed by atoms with Crippen LogP contribution in [0.3, 0.4) is 0 Å². The molecule has 0 aliphatic carbocycles. The van der Waals surface area contributed by atoms with Crippen LogP contribution in [0.4, 0.5) is 20.3 Å². The summed E-state index contributed by atoms with van der Waals surface area (Å²) >= 11 is 0. The highest BCUT2D eigenvalue weighted by molar-refractivity contribution is 7.91. The third-order valence-electron chi connectivity index (χ3n) is 4.96. The third kappa shape index (κ3) is 4.12. The summed E-state index contributed by atoms with van der Waals surface area (Å²) in [5.41, 5.74) is 0.158. The van der Waals surface area contributed by atoms with Gasteiger partial charge in [0.25, 0.3) is 0 Å². The maximum Gasteiger partial charge on any atom is 0.239 e. The molecule has 0 saturated heterocycles. The van der Waals surface area contributed by atoms with Crippen LogP contribution in [0.25, 0.3) is 0 Å². The molecular weight excluding hydrogens is 438 g/mol. The Morgan fingerprint density at radius 1 is 1.17 bits per heavy atom. The molecule has 1 aliphatic rings. The Kier molecular flexibility index (Phi) is 6.03. The zero-order chi connectivity index (χ0) is 22.3.